The van der Waals surface area contributed by atoms with Gasteiger partial charge in [0.1, 0.15) is 5.75 Å². The molecule has 4 rings (SSSR count). The van der Waals surface area contributed by atoms with Crippen molar-refractivity contribution < 1.29 is 14.7 Å². The highest BCUT2D eigenvalue weighted by molar-refractivity contribution is 7.12. The van der Waals surface area contributed by atoms with Gasteiger partial charge in [0, 0.05) is 40.7 Å². The summed E-state index contributed by atoms with van der Waals surface area (Å²) < 4.78 is 0. The Labute approximate surface area is 199 Å². The van der Waals surface area contributed by atoms with Gasteiger partial charge in [-0.1, -0.05) is 18.5 Å². The largest absolute Gasteiger partial charge is 0.507 e. The minimum absolute atomic E-state index is 0.00104. The van der Waals surface area contributed by atoms with E-state index in [0.717, 1.165) is 64.8 Å². The van der Waals surface area contributed by atoms with Crippen LogP contribution in [-0.4, -0.2) is 52.8 Å². The maximum Gasteiger partial charge on any atom is 0.219 e. The number of aromatic hydroxyl groups is 1. The smallest absolute Gasteiger partial charge is 0.219 e. The van der Waals surface area contributed by atoms with Crippen molar-refractivity contribution in [1.82, 2.24) is 9.80 Å². The van der Waals surface area contributed by atoms with Crippen molar-refractivity contribution in [1.29, 1.82) is 0 Å². The number of phenolic OH excluding ortho intramolecular Hbond substituents is 1. The molecule has 1 fully saturated rings. The maximum absolute atomic E-state index is 12.9. The van der Waals surface area contributed by atoms with Gasteiger partial charge in [-0.25, -0.2) is 0 Å². The second-order valence-electron chi connectivity index (χ2n) is 8.84. The summed E-state index contributed by atoms with van der Waals surface area (Å²) in [6.07, 6.45) is 4.65. The average molecular weight is 475 g/mol. The summed E-state index contributed by atoms with van der Waals surface area (Å²) in [5, 5.41) is 10.5. The molecule has 1 saturated heterocycles. The van der Waals surface area contributed by atoms with Crippen LogP contribution in [0.5, 0.6) is 5.75 Å². The van der Waals surface area contributed by atoms with Crippen molar-refractivity contribution in [3.63, 3.8) is 0 Å². The molecule has 2 aromatic rings. The number of halogens is 1. The lowest BCUT2D eigenvalue weighted by Gasteiger charge is -2.31. The fourth-order valence-electron chi connectivity index (χ4n) is 5.01. The van der Waals surface area contributed by atoms with Crippen LogP contribution in [0.1, 0.15) is 57.9 Å². The first-order chi connectivity index (χ1) is 15.4. The summed E-state index contributed by atoms with van der Waals surface area (Å²) in [7, 11) is 0. The second-order valence-corrected chi connectivity index (χ2v) is 10.5. The number of rotatable bonds is 6. The van der Waals surface area contributed by atoms with Crippen LogP contribution in [0, 0.1) is 5.92 Å². The zero-order valence-corrected chi connectivity index (χ0v) is 20.4. The molecule has 0 spiro atoms. The normalized spacial score (nSPS) is 17.4. The Morgan fingerprint density at radius 2 is 1.97 bits per heavy atom. The van der Waals surface area contributed by atoms with Gasteiger partial charge in [-0.05, 0) is 74.5 Å². The van der Waals surface area contributed by atoms with Crippen LogP contribution in [-0.2, 0) is 30.6 Å². The summed E-state index contributed by atoms with van der Waals surface area (Å²) in [6.45, 7) is 8.24. The maximum atomic E-state index is 12.9. The Morgan fingerprint density at radius 3 is 2.66 bits per heavy atom. The van der Waals surface area contributed by atoms with E-state index < -0.39 is 0 Å². The van der Waals surface area contributed by atoms with Gasteiger partial charge in [0.25, 0.3) is 0 Å². The minimum atomic E-state index is -0.0616. The fraction of sp³-hybridized carbons (Fsp3) is 0.520. The topological polar surface area (TPSA) is 60.9 Å². The van der Waals surface area contributed by atoms with Crippen LogP contribution < -0.4 is 0 Å². The number of hydrogen-bond donors (Lipinski definition) is 1. The van der Waals surface area contributed by atoms with Crippen molar-refractivity contribution in [2.75, 3.05) is 26.2 Å². The molecule has 32 heavy (non-hydrogen) atoms. The molecule has 3 heterocycles. The van der Waals surface area contributed by atoms with E-state index in [9.17, 15) is 14.7 Å². The summed E-state index contributed by atoms with van der Waals surface area (Å²) in [5.74, 6) is 0.110. The Kier molecular flexibility index (Phi) is 7.23. The molecule has 0 atom stereocenters. The van der Waals surface area contributed by atoms with Gasteiger partial charge in [0.2, 0.25) is 5.91 Å². The molecular formula is C25H31ClN2O3S. The zero-order chi connectivity index (χ0) is 22.8. The van der Waals surface area contributed by atoms with Crippen LogP contribution in [0.2, 0.25) is 5.02 Å². The first-order valence-corrected chi connectivity index (χ1v) is 12.7. The highest BCUT2D eigenvalue weighted by Gasteiger charge is 2.28. The number of hydrogen-bond acceptors (Lipinski definition) is 5. The van der Waals surface area contributed by atoms with E-state index in [0.29, 0.717) is 10.6 Å². The van der Waals surface area contributed by atoms with Crippen LogP contribution in [0.3, 0.4) is 0 Å². The molecule has 172 valence electrons. The first kappa shape index (κ1) is 23.3. The van der Waals surface area contributed by atoms with Gasteiger partial charge in [-0.3, -0.25) is 9.59 Å². The monoisotopic (exact) mass is 474 g/mol. The number of nitrogens with zero attached hydrogens (tertiary/aromatic N) is 2. The molecule has 1 aromatic carbocycles. The van der Waals surface area contributed by atoms with Crippen molar-refractivity contribution in [3.05, 3.63) is 49.7 Å². The average Bonchev–Trinajstić information content (AvgIpc) is 3.15. The van der Waals surface area contributed by atoms with Crippen molar-refractivity contribution in [2.24, 2.45) is 5.92 Å². The lowest BCUT2D eigenvalue weighted by Crippen LogP contribution is -2.37. The van der Waals surface area contributed by atoms with Gasteiger partial charge >= 0.3 is 0 Å². The third-order valence-corrected chi connectivity index (χ3v) is 8.44. The second kappa shape index (κ2) is 9.94. The molecule has 2 aliphatic heterocycles. The lowest BCUT2D eigenvalue weighted by atomic mass is 9.88. The number of likely N-dealkylation sites (tertiary alicyclic amines) is 1. The van der Waals surface area contributed by atoms with E-state index in [1.54, 1.807) is 19.1 Å². The van der Waals surface area contributed by atoms with E-state index in [4.69, 9.17) is 11.6 Å². The van der Waals surface area contributed by atoms with E-state index in [2.05, 4.69) is 11.8 Å². The van der Waals surface area contributed by atoms with Gasteiger partial charge in [-0.2, -0.15) is 0 Å². The van der Waals surface area contributed by atoms with Gasteiger partial charge in [-0.15, -0.1) is 11.3 Å². The summed E-state index contributed by atoms with van der Waals surface area (Å²) in [5.41, 5.74) is 3.32. The van der Waals surface area contributed by atoms with Crippen molar-refractivity contribution >= 4 is 34.6 Å². The Balaban J connectivity index is 1.34. The fourth-order valence-corrected chi connectivity index (χ4v) is 6.63. The number of amides is 1. The molecule has 1 amide bonds. The molecule has 1 N–H and O–H groups in total. The SMILES string of the molecule is CCc1c(CCN2CCC(C(=O)c3cc(Cl)ccc3O)CC2)sc2c1CCN(C(C)=O)C2. The Bertz CT molecular complexity index is 1010. The summed E-state index contributed by atoms with van der Waals surface area (Å²) in [4.78, 5) is 31.9. The molecule has 0 unspecified atom stereocenters. The number of ketones is 1. The van der Waals surface area contributed by atoms with E-state index >= 15 is 0 Å². The van der Waals surface area contributed by atoms with Crippen molar-refractivity contribution in [2.45, 2.75) is 52.5 Å². The Morgan fingerprint density at radius 1 is 1.22 bits per heavy atom. The number of carbonyl (C=O) groups excluding carboxylic acids is 2. The molecule has 1 aromatic heterocycles. The third-order valence-electron chi connectivity index (χ3n) is 6.89. The zero-order valence-electron chi connectivity index (χ0n) is 18.8. The van der Waals surface area contributed by atoms with Gasteiger partial charge in [0.15, 0.2) is 5.78 Å². The predicted octanol–water partition coefficient (Wildman–Crippen LogP) is 4.71. The number of carbonyl (C=O) groups is 2. The number of benzene rings is 1. The highest BCUT2D eigenvalue weighted by atomic mass is 35.5. The van der Waals surface area contributed by atoms with E-state index in [1.807, 2.05) is 16.2 Å². The molecule has 0 saturated carbocycles. The Hall–Kier alpha value is -1.89. The molecule has 7 heteroatoms. The molecule has 0 aliphatic carbocycles. The van der Waals surface area contributed by atoms with Crippen LogP contribution in [0.25, 0.3) is 0 Å². The van der Waals surface area contributed by atoms with Crippen LogP contribution >= 0.6 is 22.9 Å². The van der Waals surface area contributed by atoms with Crippen LogP contribution in [0.4, 0.5) is 0 Å². The number of Topliss-reactive ketones (excluding diaryl/α,β-unsaturated/α-hetero) is 1. The quantitative estimate of drug-likeness (QED) is 0.616. The number of piperidine rings is 1. The summed E-state index contributed by atoms with van der Waals surface area (Å²) in [6, 6.07) is 4.66. The van der Waals surface area contributed by atoms with E-state index in [-0.39, 0.29) is 23.4 Å². The number of phenols is 1. The molecule has 0 radical (unpaired) electrons. The first-order valence-electron chi connectivity index (χ1n) is 11.5. The molecular weight excluding hydrogens is 444 g/mol. The standard InChI is InChI=1S/C25H31ClN2O3S/c1-3-19-20-8-13-28(16(2)29)15-24(20)32-23(19)9-12-27-10-6-17(7-11-27)25(31)21-14-18(26)4-5-22(21)30/h4-5,14,17,30H,3,6-13,15H2,1-2H3. The molecule has 2 aliphatic rings. The summed E-state index contributed by atoms with van der Waals surface area (Å²) >= 11 is 7.91. The predicted molar refractivity (Wildman–Crippen MR) is 129 cm³/mol. The number of thiophene rings is 1. The third kappa shape index (κ3) is 4.87. The lowest BCUT2D eigenvalue weighted by molar-refractivity contribution is -0.129. The van der Waals surface area contributed by atoms with E-state index in [1.165, 1.54) is 26.9 Å². The minimum Gasteiger partial charge on any atom is -0.507 e. The van der Waals surface area contributed by atoms with Gasteiger partial charge in [0.05, 0.1) is 12.1 Å². The molecule has 5 nitrogen and oxygen atoms in total. The van der Waals surface area contributed by atoms with Gasteiger partial charge < -0.3 is 14.9 Å². The highest BCUT2D eigenvalue weighted by Crippen LogP contribution is 2.34. The molecule has 0 bridgehead atoms. The van der Waals surface area contributed by atoms with Crippen molar-refractivity contribution in [3.8, 4) is 5.75 Å². The number of fused-ring (bicyclic) bond motifs is 1. The van der Waals surface area contributed by atoms with Crippen LogP contribution in [0.15, 0.2) is 18.2 Å².